The van der Waals surface area contributed by atoms with Crippen LogP contribution >= 0.6 is 0 Å². The molecule has 0 N–H and O–H groups in total. The first-order valence-electron chi connectivity index (χ1n) is 10.6. The molecule has 164 valence electrons. The molecular formula is C24H24FN5O2. The van der Waals surface area contributed by atoms with Gasteiger partial charge in [0.25, 0.3) is 5.91 Å². The highest BCUT2D eigenvalue weighted by molar-refractivity contribution is 6.04. The van der Waals surface area contributed by atoms with Gasteiger partial charge in [0.1, 0.15) is 5.82 Å². The Bertz CT molecular complexity index is 1130. The number of urea groups is 1. The van der Waals surface area contributed by atoms with E-state index in [2.05, 4.69) is 17.0 Å². The van der Waals surface area contributed by atoms with Gasteiger partial charge in [-0.15, -0.1) is 0 Å². The highest BCUT2D eigenvalue weighted by Crippen LogP contribution is 2.34. The number of nitrogens with zero attached hydrogens (tertiary/aromatic N) is 5. The molecule has 0 spiro atoms. The zero-order valence-electron chi connectivity index (χ0n) is 18.0. The van der Waals surface area contributed by atoms with E-state index in [-0.39, 0.29) is 12.5 Å². The van der Waals surface area contributed by atoms with Gasteiger partial charge in [0, 0.05) is 31.1 Å². The van der Waals surface area contributed by atoms with Crippen LogP contribution in [0.25, 0.3) is 0 Å². The summed E-state index contributed by atoms with van der Waals surface area (Å²) >= 11 is 0. The second-order valence-corrected chi connectivity index (χ2v) is 8.26. The number of rotatable bonds is 5. The van der Waals surface area contributed by atoms with E-state index in [9.17, 15) is 14.0 Å². The Morgan fingerprint density at radius 3 is 2.47 bits per heavy atom. The SMILES string of the molecule is CC1=CN2C(=NC3C2C(=O)N(Cc2ccccc2F)C(=O)N3C)N1CCc1ccccc1. The van der Waals surface area contributed by atoms with Crippen molar-refractivity contribution in [2.75, 3.05) is 13.6 Å². The van der Waals surface area contributed by atoms with E-state index >= 15 is 0 Å². The number of allylic oxidation sites excluding steroid dienone is 1. The summed E-state index contributed by atoms with van der Waals surface area (Å²) in [4.78, 5) is 37.6. The summed E-state index contributed by atoms with van der Waals surface area (Å²) in [7, 11) is 1.64. The van der Waals surface area contributed by atoms with Crippen LogP contribution in [0.4, 0.5) is 9.18 Å². The van der Waals surface area contributed by atoms with Crippen molar-refractivity contribution in [1.82, 2.24) is 19.6 Å². The maximum atomic E-state index is 14.2. The molecule has 5 rings (SSSR count). The highest BCUT2D eigenvalue weighted by atomic mass is 19.1. The lowest BCUT2D eigenvalue weighted by Crippen LogP contribution is -2.63. The first-order valence-corrected chi connectivity index (χ1v) is 10.6. The molecule has 2 unspecified atom stereocenters. The fourth-order valence-corrected chi connectivity index (χ4v) is 4.51. The molecule has 3 aliphatic heterocycles. The van der Waals surface area contributed by atoms with Crippen molar-refractivity contribution >= 4 is 17.9 Å². The number of carbonyl (C=O) groups excluding carboxylic acids is 2. The lowest BCUT2D eigenvalue weighted by Gasteiger charge is -2.40. The van der Waals surface area contributed by atoms with Crippen LogP contribution < -0.4 is 0 Å². The molecule has 3 amide bonds. The number of aliphatic imine (C=N–C) groups is 1. The van der Waals surface area contributed by atoms with Crippen LogP contribution in [0.5, 0.6) is 0 Å². The molecule has 3 aliphatic rings. The van der Waals surface area contributed by atoms with Crippen molar-refractivity contribution in [3.63, 3.8) is 0 Å². The molecule has 2 atom stereocenters. The first-order chi connectivity index (χ1) is 15.5. The van der Waals surface area contributed by atoms with Gasteiger partial charge in [0.2, 0.25) is 5.96 Å². The first kappa shape index (κ1) is 20.2. The lowest BCUT2D eigenvalue weighted by atomic mass is 10.1. The number of amides is 3. The van der Waals surface area contributed by atoms with Gasteiger partial charge < -0.3 is 14.7 Å². The number of guanidine groups is 1. The number of imide groups is 1. The average Bonchev–Trinajstić information content (AvgIpc) is 3.30. The Kier molecular flexibility index (Phi) is 4.92. The molecule has 0 bridgehead atoms. The molecule has 0 aliphatic carbocycles. The minimum Gasteiger partial charge on any atom is -0.314 e. The Labute approximate surface area is 186 Å². The van der Waals surface area contributed by atoms with Gasteiger partial charge in [-0.05, 0) is 25.0 Å². The van der Waals surface area contributed by atoms with Gasteiger partial charge in [0.15, 0.2) is 12.2 Å². The Morgan fingerprint density at radius 1 is 1.00 bits per heavy atom. The molecule has 1 saturated heterocycles. The molecule has 0 saturated carbocycles. The van der Waals surface area contributed by atoms with Crippen LogP contribution in [0.3, 0.4) is 0 Å². The molecule has 1 fully saturated rings. The van der Waals surface area contributed by atoms with Crippen LogP contribution in [0.15, 0.2) is 71.5 Å². The standard InChI is InChI=1S/C24H24FN5O2/c1-16-14-29-20-21(26-23(29)28(16)13-12-17-8-4-3-5-9-17)27(2)24(32)30(22(20)31)15-18-10-6-7-11-19(18)25/h3-11,14,20-21H,12-13,15H2,1-2H3. The molecule has 0 radical (unpaired) electrons. The topological polar surface area (TPSA) is 59.5 Å². The second kappa shape index (κ2) is 7.78. The highest BCUT2D eigenvalue weighted by Gasteiger charge is 2.54. The van der Waals surface area contributed by atoms with Crippen molar-refractivity contribution in [3.05, 3.63) is 83.4 Å². The largest absolute Gasteiger partial charge is 0.328 e. The van der Waals surface area contributed by atoms with E-state index in [1.807, 2.05) is 36.2 Å². The number of fused-ring (bicyclic) bond motifs is 3. The molecule has 2 aromatic carbocycles. The summed E-state index contributed by atoms with van der Waals surface area (Å²) in [5.74, 6) is -0.131. The van der Waals surface area contributed by atoms with Crippen molar-refractivity contribution in [3.8, 4) is 0 Å². The summed E-state index contributed by atoms with van der Waals surface area (Å²) in [6.07, 6.45) is 2.14. The van der Waals surface area contributed by atoms with Crippen molar-refractivity contribution in [2.45, 2.75) is 32.1 Å². The van der Waals surface area contributed by atoms with E-state index in [1.54, 1.807) is 25.2 Å². The number of benzene rings is 2. The van der Waals surface area contributed by atoms with Crippen LogP contribution in [0.1, 0.15) is 18.1 Å². The predicted molar refractivity (Wildman–Crippen MR) is 118 cm³/mol. The molecule has 3 heterocycles. The van der Waals surface area contributed by atoms with E-state index in [4.69, 9.17) is 4.99 Å². The summed E-state index contributed by atoms with van der Waals surface area (Å²) in [5.41, 5.74) is 2.51. The maximum Gasteiger partial charge on any atom is 0.328 e. The number of hydrogen-bond donors (Lipinski definition) is 0. The number of likely N-dealkylation sites (N-methyl/N-ethyl adjacent to an activating group) is 1. The lowest BCUT2D eigenvalue weighted by molar-refractivity contribution is -0.137. The monoisotopic (exact) mass is 433 g/mol. The fraction of sp³-hybridized carbons (Fsp3) is 0.292. The van der Waals surface area contributed by atoms with Crippen molar-refractivity contribution < 1.29 is 14.0 Å². The van der Waals surface area contributed by atoms with Crippen LogP contribution in [0.2, 0.25) is 0 Å². The van der Waals surface area contributed by atoms with Crippen LogP contribution in [-0.4, -0.2) is 63.3 Å². The van der Waals surface area contributed by atoms with Crippen LogP contribution in [0, 0.1) is 5.82 Å². The summed E-state index contributed by atoms with van der Waals surface area (Å²) in [6, 6.07) is 15.2. The zero-order chi connectivity index (χ0) is 22.4. The summed E-state index contributed by atoms with van der Waals surface area (Å²) in [6.45, 7) is 2.59. The normalized spacial score (nSPS) is 22.2. The van der Waals surface area contributed by atoms with E-state index in [0.717, 1.165) is 17.0 Å². The fourth-order valence-electron chi connectivity index (χ4n) is 4.51. The number of hydrogen-bond acceptors (Lipinski definition) is 5. The van der Waals surface area contributed by atoms with E-state index in [1.165, 1.54) is 16.5 Å². The smallest absolute Gasteiger partial charge is 0.314 e. The second-order valence-electron chi connectivity index (χ2n) is 8.26. The third-order valence-corrected chi connectivity index (χ3v) is 6.26. The van der Waals surface area contributed by atoms with Crippen molar-refractivity contribution in [2.24, 2.45) is 4.99 Å². The van der Waals surface area contributed by atoms with Gasteiger partial charge in [0.05, 0.1) is 6.54 Å². The molecular weight excluding hydrogens is 409 g/mol. The van der Waals surface area contributed by atoms with Gasteiger partial charge >= 0.3 is 6.03 Å². The third-order valence-electron chi connectivity index (χ3n) is 6.26. The molecule has 2 aromatic rings. The number of carbonyl (C=O) groups is 2. The Hall–Kier alpha value is -3.68. The Morgan fingerprint density at radius 2 is 1.72 bits per heavy atom. The molecule has 7 nitrogen and oxygen atoms in total. The number of halogens is 1. The minimum atomic E-state index is -0.656. The van der Waals surface area contributed by atoms with E-state index in [0.29, 0.717) is 18.1 Å². The Balaban J connectivity index is 1.38. The average molecular weight is 433 g/mol. The maximum absolute atomic E-state index is 14.2. The quantitative estimate of drug-likeness (QED) is 0.728. The van der Waals surface area contributed by atoms with Gasteiger partial charge in [-0.3, -0.25) is 9.69 Å². The third kappa shape index (κ3) is 3.23. The molecule has 8 heteroatoms. The molecule has 32 heavy (non-hydrogen) atoms. The summed E-state index contributed by atoms with van der Waals surface area (Å²) in [5, 5.41) is 0. The van der Waals surface area contributed by atoms with Gasteiger partial charge in [-0.1, -0.05) is 48.5 Å². The van der Waals surface area contributed by atoms with Gasteiger partial charge in [-0.2, -0.15) is 0 Å². The minimum absolute atomic E-state index is 0.110. The van der Waals surface area contributed by atoms with Crippen LogP contribution in [-0.2, 0) is 17.8 Å². The summed E-state index contributed by atoms with van der Waals surface area (Å²) < 4.78 is 14.2. The zero-order valence-corrected chi connectivity index (χ0v) is 18.0. The molecule has 0 aromatic heterocycles. The van der Waals surface area contributed by atoms with E-state index < -0.39 is 24.1 Å². The van der Waals surface area contributed by atoms with Gasteiger partial charge in [-0.25, -0.2) is 14.2 Å². The predicted octanol–water partition coefficient (Wildman–Crippen LogP) is 3.01. The van der Waals surface area contributed by atoms with Crippen molar-refractivity contribution in [1.29, 1.82) is 0 Å².